The molecule has 0 bridgehead atoms. The summed E-state index contributed by atoms with van der Waals surface area (Å²) in [5.74, 6) is 0.633. The number of rotatable bonds is 3. The van der Waals surface area contributed by atoms with Gasteiger partial charge in [-0.2, -0.15) is 0 Å². The number of alkyl carbamates (subject to hydrolysis) is 1. The van der Waals surface area contributed by atoms with Crippen LogP contribution in [0, 0.1) is 0 Å². The standard InChI is InChI=1S/C19H31BN4O4/c1-17(2,3)26-16(25)23-14-8-9-24(12-14)15-21-10-13(11-22-15)20-27-18(4,5)19(6,7)28-20/h10-11,14H,8-9,12H2,1-7H3,(H,23,25)/t14-/m0/s1. The summed E-state index contributed by atoms with van der Waals surface area (Å²) in [7, 11) is -0.473. The Kier molecular flexibility index (Phi) is 5.35. The van der Waals surface area contributed by atoms with E-state index in [1.165, 1.54) is 0 Å². The van der Waals surface area contributed by atoms with Gasteiger partial charge in [-0.15, -0.1) is 0 Å². The average molecular weight is 390 g/mol. The molecule has 1 aromatic rings. The first-order valence-electron chi connectivity index (χ1n) is 9.78. The Balaban J connectivity index is 1.57. The maximum absolute atomic E-state index is 11.9. The number of nitrogens with one attached hydrogen (secondary N) is 1. The van der Waals surface area contributed by atoms with Gasteiger partial charge in [-0.25, -0.2) is 14.8 Å². The van der Waals surface area contributed by atoms with Crippen molar-refractivity contribution in [3.8, 4) is 0 Å². The van der Waals surface area contributed by atoms with Gasteiger partial charge in [0.05, 0.1) is 17.2 Å². The van der Waals surface area contributed by atoms with Crippen LogP contribution < -0.4 is 15.7 Å². The van der Waals surface area contributed by atoms with E-state index in [0.29, 0.717) is 12.5 Å². The van der Waals surface area contributed by atoms with E-state index in [2.05, 4.69) is 20.2 Å². The summed E-state index contributed by atoms with van der Waals surface area (Å²) in [5.41, 5.74) is -0.503. The average Bonchev–Trinajstić information content (AvgIpc) is 3.08. The largest absolute Gasteiger partial charge is 0.498 e. The van der Waals surface area contributed by atoms with Crippen LogP contribution >= 0.6 is 0 Å². The molecule has 2 fully saturated rings. The summed E-state index contributed by atoms with van der Waals surface area (Å²) < 4.78 is 17.4. The van der Waals surface area contributed by atoms with E-state index in [0.717, 1.165) is 18.4 Å². The fraction of sp³-hybridized carbons (Fsp3) is 0.737. The van der Waals surface area contributed by atoms with Crippen molar-refractivity contribution in [2.24, 2.45) is 0 Å². The summed E-state index contributed by atoms with van der Waals surface area (Å²) in [6.45, 7) is 15.0. The normalized spacial score (nSPS) is 23.8. The van der Waals surface area contributed by atoms with Crippen molar-refractivity contribution in [2.75, 3.05) is 18.0 Å². The zero-order chi connectivity index (χ0) is 20.7. The third kappa shape index (κ3) is 4.58. The highest BCUT2D eigenvalue weighted by atomic mass is 16.7. The molecule has 0 unspecified atom stereocenters. The van der Waals surface area contributed by atoms with Crippen LogP contribution in [0.1, 0.15) is 54.9 Å². The van der Waals surface area contributed by atoms with Crippen LogP contribution in [0.15, 0.2) is 12.4 Å². The van der Waals surface area contributed by atoms with Crippen LogP contribution in [0.4, 0.5) is 10.7 Å². The zero-order valence-electron chi connectivity index (χ0n) is 17.9. The topological polar surface area (TPSA) is 85.8 Å². The van der Waals surface area contributed by atoms with E-state index in [4.69, 9.17) is 14.0 Å². The molecule has 3 rings (SSSR count). The van der Waals surface area contributed by atoms with Gasteiger partial charge in [0.15, 0.2) is 0 Å². The van der Waals surface area contributed by atoms with Crippen molar-refractivity contribution < 1.29 is 18.8 Å². The maximum atomic E-state index is 11.9. The lowest BCUT2D eigenvalue weighted by Gasteiger charge is -2.32. The predicted octanol–water partition coefficient (Wildman–Crippen LogP) is 1.88. The van der Waals surface area contributed by atoms with E-state index in [1.54, 1.807) is 12.4 Å². The number of ether oxygens (including phenoxy) is 1. The molecule has 0 aliphatic carbocycles. The first-order chi connectivity index (χ1) is 12.9. The van der Waals surface area contributed by atoms with E-state index in [9.17, 15) is 4.79 Å². The maximum Gasteiger partial charge on any atom is 0.498 e. The molecule has 2 aliphatic rings. The number of nitrogens with zero attached hydrogens (tertiary/aromatic N) is 3. The van der Waals surface area contributed by atoms with Crippen LogP contribution in [-0.4, -0.2) is 59.1 Å². The molecule has 8 nitrogen and oxygen atoms in total. The zero-order valence-corrected chi connectivity index (χ0v) is 17.9. The minimum atomic E-state index is -0.505. The predicted molar refractivity (Wildman–Crippen MR) is 108 cm³/mol. The van der Waals surface area contributed by atoms with Crippen molar-refractivity contribution in [1.82, 2.24) is 15.3 Å². The van der Waals surface area contributed by atoms with E-state index < -0.39 is 30.0 Å². The second-order valence-electron chi connectivity index (χ2n) is 9.48. The van der Waals surface area contributed by atoms with Gasteiger partial charge in [-0.05, 0) is 54.9 Å². The van der Waals surface area contributed by atoms with Crippen LogP contribution in [0.3, 0.4) is 0 Å². The van der Waals surface area contributed by atoms with Crippen LogP contribution in [0.5, 0.6) is 0 Å². The summed E-state index contributed by atoms with van der Waals surface area (Å²) >= 11 is 0. The summed E-state index contributed by atoms with van der Waals surface area (Å²) in [5, 5.41) is 2.91. The Hall–Kier alpha value is -1.87. The summed E-state index contributed by atoms with van der Waals surface area (Å²) in [6, 6.07) is 0.0150. The number of hydrogen-bond donors (Lipinski definition) is 1. The van der Waals surface area contributed by atoms with Crippen molar-refractivity contribution >= 4 is 24.6 Å². The van der Waals surface area contributed by atoms with Gasteiger partial charge in [0.2, 0.25) is 5.95 Å². The van der Waals surface area contributed by atoms with Gasteiger partial charge in [0.1, 0.15) is 5.60 Å². The summed E-state index contributed by atoms with van der Waals surface area (Å²) in [6.07, 6.45) is 3.93. The number of carbonyl (C=O) groups is 1. The number of aromatic nitrogens is 2. The number of carbonyl (C=O) groups excluding carboxylic acids is 1. The molecule has 2 saturated heterocycles. The second kappa shape index (κ2) is 7.19. The molecule has 9 heteroatoms. The summed E-state index contributed by atoms with van der Waals surface area (Å²) in [4.78, 5) is 23.0. The fourth-order valence-corrected chi connectivity index (χ4v) is 3.13. The smallest absolute Gasteiger partial charge is 0.444 e. The Morgan fingerprint density at radius 2 is 1.79 bits per heavy atom. The van der Waals surface area contributed by atoms with Crippen LogP contribution in [0.25, 0.3) is 0 Å². The van der Waals surface area contributed by atoms with Crippen molar-refractivity contribution in [1.29, 1.82) is 0 Å². The minimum Gasteiger partial charge on any atom is -0.444 e. The molecule has 1 N–H and O–H groups in total. The molecule has 28 heavy (non-hydrogen) atoms. The molecule has 3 heterocycles. The van der Waals surface area contributed by atoms with E-state index >= 15 is 0 Å². The second-order valence-corrected chi connectivity index (χ2v) is 9.48. The molecule has 0 radical (unpaired) electrons. The van der Waals surface area contributed by atoms with Crippen LogP contribution in [0.2, 0.25) is 0 Å². The molecule has 1 amide bonds. The molecule has 0 saturated carbocycles. The van der Waals surface area contributed by atoms with Gasteiger partial charge < -0.3 is 24.3 Å². The quantitative estimate of drug-likeness (QED) is 0.789. The third-order valence-corrected chi connectivity index (χ3v) is 5.38. The lowest BCUT2D eigenvalue weighted by atomic mass is 9.81. The third-order valence-electron chi connectivity index (χ3n) is 5.38. The first kappa shape index (κ1) is 20.9. The highest BCUT2D eigenvalue weighted by Gasteiger charge is 2.52. The van der Waals surface area contributed by atoms with Crippen molar-refractivity contribution in [3.05, 3.63) is 12.4 Å². The lowest BCUT2D eigenvalue weighted by Crippen LogP contribution is -2.41. The molecule has 1 atom stereocenters. The lowest BCUT2D eigenvalue weighted by molar-refractivity contribution is 0.00578. The van der Waals surface area contributed by atoms with Gasteiger partial charge in [0, 0.05) is 30.9 Å². The molecular formula is C19H31BN4O4. The number of hydrogen-bond acceptors (Lipinski definition) is 7. The highest BCUT2D eigenvalue weighted by Crippen LogP contribution is 2.36. The van der Waals surface area contributed by atoms with Gasteiger partial charge in [-0.1, -0.05) is 0 Å². The van der Waals surface area contributed by atoms with Crippen molar-refractivity contribution in [2.45, 2.75) is 77.7 Å². The fourth-order valence-electron chi connectivity index (χ4n) is 3.13. The van der Waals surface area contributed by atoms with Gasteiger partial charge >= 0.3 is 13.2 Å². The van der Waals surface area contributed by atoms with E-state index in [1.807, 2.05) is 48.5 Å². The number of anilines is 1. The highest BCUT2D eigenvalue weighted by molar-refractivity contribution is 6.61. The Morgan fingerprint density at radius 1 is 1.21 bits per heavy atom. The Labute approximate surface area is 167 Å². The monoisotopic (exact) mass is 390 g/mol. The van der Waals surface area contributed by atoms with Gasteiger partial charge in [0.25, 0.3) is 0 Å². The molecule has 154 valence electrons. The van der Waals surface area contributed by atoms with Crippen LogP contribution in [-0.2, 0) is 14.0 Å². The molecule has 0 aromatic carbocycles. The molecule has 1 aromatic heterocycles. The van der Waals surface area contributed by atoms with E-state index in [-0.39, 0.29) is 6.04 Å². The molecule has 2 aliphatic heterocycles. The first-order valence-corrected chi connectivity index (χ1v) is 9.78. The SMILES string of the molecule is CC(C)(C)OC(=O)N[C@H]1CCN(c2ncc(B3OC(C)(C)C(C)(C)O3)cn2)C1. The molecule has 0 spiro atoms. The van der Waals surface area contributed by atoms with Gasteiger partial charge in [-0.3, -0.25) is 0 Å². The minimum absolute atomic E-state index is 0.0150. The molecular weight excluding hydrogens is 359 g/mol. The Morgan fingerprint density at radius 3 is 2.32 bits per heavy atom. The Bertz CT molecular complexity index is 702. The number of amides is 1. The van der Waals surface area contributed by atoms with Crippen molar-refractivity contribution in [3.63, 3.8) is 0 Å².